The minimum Gasteiger partial charge on any atom is -0.320 e. The average molecular weight is 283 g/mol. The van der Waals surface area contributed by atoms with Crippen LogP contribution in [-0.4, -0.2) is 5.91 Å². The summed E-state index contributed by atoms with van der Waals surface area (Å²) in [6, 6.07) is 5.32. The summed E-state index contributed by atoms with van der Waals surface area (Å²) in [6.07, 6.45) is 2.73. The molecule has 1 amide bonds. The Balaban J connectivity index is 2.09. The second-order valence-corrected chi connectivity index (χ2v) is 4.54. The van der Waals surface area contributed by atoms with Gasteiger partial charge < -0.3 is 5.32 Å². The van der Waals surface area contributed by atoms with Crippen molar-refractivity contribution in [2.45, 2.75) is 0 Å². The molecular formula is C13H8F3NOS. The maximum absolute atomic E-state index is 13.3. The Labute approximate surface area is 111 Å². The first kappa shape index (κ1) is 13.4. The highest BCUT2D eigenvalue weighted by Gasteiger charge is 2.14. The normalized spacial score (nSPS) is 10.9. The summed E-state index contributed by atoms with van der Waals surface area (Å²) in [6.45, 7) is 0. The molecule has 0 fully saturated rings. The van der Waals surface area contributed by atoms with Crippen molar-refractivity contribution in [2.75, 3.05) is 5.32 Å². The number of thiophene rings is 1. The number of halogens is 3. The summed E-state index contributed by atoms with van der Waals surface area (Å²) < 4.78 is 38.9. The van der Waals surface area contributed by atoms with Gasteiger partial charge in [0.1, 0.15) is 0 Å². The number of rotatable bonds is 3. The summed E-state index contributed by atoms with van der Waals surface area (Å²) in [7, 11) is 0. The molecule has 6 heteroatoms. The van der Waals surface area contributed by atoms with E-state index in [-0.39, 0.29) is 0 Å². The van der Waals surface area contributed by atoms with Gasteiger partial charge in [-0.2, -0.15) is 0 Å². The molecule has 0 aliphatic carbocycles. The molecule has 1 aromatic carbocycles. The smallest absolute Gasteiger partial charge is 0.248 e. The van der Waals surface area contributed by atoms with E-state index >= 15 is 0 Å². The fraction of sp³-hybridized carbons (Fsp3) is 0. The molecule has 0 atom stereocenters. The van der Waals surface area contributed by atoms with E-state index in [0.29, 0.717) is 0 Å². The van der Waals surface area contributed by atoms with Gasteiger partial charge in [0.25, 0.3) is 0 Å². The second kappa shape index (κ2) is 5.71. The van der Waals surface area contributed by atoms with E-state index in [4.69, 9.17) is 0 Å². The standard InChI is InChI=1S/C13H8F3NOS/c14-9-4-5-10(13(16)12(9)15)17-11(18)6-3-8-2-1-7-19-8/h1-7H,(H,17,18). The number of hydrogen-bond acceptors (Lipinski definition) is 2. The highest BCUT2D eigenvalue weighted by Crippen LogP contribution is 2.19. The summed E-state index contributed by atoms with van der Waals surface area (Å²) in [4.78, 5) is 12.3. The minimum atomic E-state index is -1.61. The molecule has 1 heterocycles. The Morgan fingerprint density at radius 1 is 1.16 bits per heavy atom. The number of amides is 1. The maximum Gasteiger partial charge on any atom is 0.248 e. The van der Waals surface area contributed by atoms with Crippen LogP contribution in [0, 0.1) is 17.5 Å². The first-order chi connectivity index (χ1) is 9.08. The van der Waals surface area contributed by atoms with Crippen LogP contribution in [0.15, 0.2) is 35.7 Å². The summed E-state index contributed by atoms with van der Waals surface area (Å²) >= 11 is 1.43. The Morgan fingerprint density at radius 2 is 1.95 bits per heavy atom. The summed E-state index contributed by atoms with van der Waals surface area (Å²) in [5, 5.41) is 3.98. The molecular weight excluding hydrogens is 275 g/mol. The summed E-state index contributed by atoms with van der Waals surface area (Å²) in [5.74, 6) is -4.96. The molecule has 19 heavy (non-hydrogen) atoms. The Kier molecular flexibility index (Phi) is 4.01. The zero-order valence-electron chi connectivity index (χ0n) is 9.49. The van der Waals surface area contributed by atoms with Gasteiger partial charge in [0.15, 0.2) is 17.5 Å². The molecule has 0 saturated heterocycles. The number of carbonyl (C=O) groups is 1. The van der Waals surface area contributed by atoms with Crippen LogP contribution in [0.4, 0.5) is 18.9 Å². The van der Waals surface area contributed by atoms with Crippen LogP contribution in [-0.2, 0) is 4.79 Å². The maximum atomic E-state index is 13.3. The third kappa shape index (κ3) is 3.23. The van der Waals surface area contributed by atoms with Crippen LogP contribution in [0.3, 0.4) is 0 Å². The SMILES string of the molecule is O=C(C=Cc1cccs1)Nc1ccc(F)c(F)c1F. The third-order valence-corrected chi connectivity index (χ3v) is 3.07. The lowest BCUT2D eigenvalue weighted by molar-refractivity contribution is -0.111. The van der Waals surface area contributed by atoms with E-state index in [9.17, 15) is 18.0 Å². The van der Waals surface area contributed by atoms with Crippen molar-refractivity contribution in [3.05, 3.63) is 58.1 Å². The van der Waals surface area contributed by atoms with Crippen LogP contribution in [0.25, 0.3) is 6.08 Å². The molecule has 0 aliphatic heterocycles. The second-order valence-electron chi connectivity index (χ2n) is 3.56. The van der Waals surface area contributed by atoms with Crippen LogP contribution >= 0.6 is 11.3 Å². The molecule has 2 aromatic rings. The fourth-order valence-electron chi connectivity index (χ4n) is 1.34. The largest absolute Gasteiger partial charge is 0.320 e. The van der Waals surface area contributed by atoms with Gasteiger partial charge in [0.2, 0.25) is 5.91 Å². The monoisotopic (exact) mass is 283 g/mol. The first-order valence-corrected chi connectivity index (χ1v) is 6.12. The van der Waals surface area contributed by atoms with Gasteiger partial charge >= 0.3 is 0 Å². The van der Waals surface area contributed by atoms with E-state index in [1.165, 1.54) is 23.5 Å². The number of anilines is 1. The molecule has 98 valence electrons. The molecule has 2 rings (SSSR count). The average Bonchev–Trinajstić information content (AvgIpc) is 2.90. The van der Waals surface area contributed by atoms with E-state index in [0.717, 1.165) is 17.0 Å². The molecule has 1 N–H and O–H groups in total. The third-order valence-electron chi connectivity index (χ3n) is 2.24. The highest BCUT2D eigenvalue weighted by molar-refractivity contribution is 7.10. The van der Waals surface area contributed by atoms with E-state index in [1.54, 1.807) is 6.07 Å². The molecule has 0 unspecified atom stereocenters. The van der Waals surface area contributed by atoms with E-state index < -0.39 is 29.0 Å². The number of benzene rings is 1. The van der Waals surface area contributed by atoms with Gasteiger partial charge in [0, 0.05) is 11.0 Å². The number of carbonyl (C=O) groups excluding carboxylic acids is 1. The van der Waals surface area contributed by atoms with Crippen LogP contribution in [0.5, 0.6) is 0 Å². The van der Waals surface area contributed by atoms with Gasteiger partial charge in [-0.1, -0.05) is 6.07 Å². The number of nitrogens with one attached hydrogen (secondary N) is 1. The molecule has 0 bridgehead atoms. The fourth-order valence-corrected chi connectivity index (χ4v) is 1.96. The van der Waals surface area contributed by atoms with Crippen molar-refractivity contribution in [3.63, 3.8) is 0 Å². The zero-order valence-corrected chi connectivity index (χ0v) is 10.3. The minimum absolute atomic E-state index is 0.403. The van der Waals surface area contributed by atoms with Gasteiger partial charge in [-0.15, -0.1) is 11.3 Å². The quantitative estimate of drug-likeness (QED) is 0.673. The summed E-state index contributed by atoms with van der Waals surface area (Å²) in [5.41, 5.74) is -0.403. The molecule has 0 spiro atoms. The van der Waals surface area contributed by atoms with Gasteiger partial charge in [-0.3, -0.25) is 4.79 Å². The van der Waals surface area contributed by atoms with Crippen molar-refractivity contribution >= 4 is 29.0 Å². The molecule has 0 radical (unpaired) electrons. The van der Waals surface area contributed by atoms with Crippen molar-refractivity contribution in [1.29, 1.82) is 0 Å². The molecule has 2 nitrogen and oxygen atoms in total. The Hall–Kier alpha value is -2.08. The zero-order chi connectivity index (χ0) is 13.8. The van der Waals surface area contributed by atoms with Gasteiger partial charge in [-0.05, 0) is 29.7 Å². The highest BCUT2D eigenvalue weighted by atomic mass is 32.1. The van der Waals surface area contributed by atoms with E-state index in [2.05, 4.69) is 5.32 Å². The van der Waals surface area contributed by atoms with Crippen molar-refractivity contribution in [1.82, 2.24) is 0 Å². The predicted octanol–water partition coefficient (Wildman–Crippen LogP) is 3.82. The van der Waals surface area contributed by atoms with Crippen LogP contribution in [0.2, 0.25) is 0 Å². The van der Waals surface area contributed by atoms with Gasteiger partial charge in [-0.25, -0.2) is 13.2 Å². The first-order valence-electron chi connectivity index (χ1n) is 5.24. The van der Waals surface area contributed by atoms with Gasteiger partial charge in [0.05, 0.1) is 5.69 Å². The van der Waals surface area contributed by atoms with E-state index in [1.807, 2.05) is 11.4 Å². The van der Waals surface area contributed by atoms with Crippen LogP contribution in [0.1, 0.15) is 4.88 Å². The Morgan fingerprint density at radius 3 is 2.63 bits per heavy atom. The predicted molar refractivity (Wildman–Crippen MR) is 68.3 cm³/mol. The number of hydrogen-bond donors (Lipinski definition) is 1. The van der Waals surface area contributed by atoms with Crippen molar-refractivity contribution in [2.24, 2.45) is 0 Å². The molecule has 0 saturated carbocycles. The lowest BCUT2D eigenvalue weighted by Gasteiger charge is -2.04. The lowest BCUT2D eigenvalue weighted by atomic mass is 10.2. The lowest BCUT2D eigenvalue weighted by Crippen LogP contribution is -2.10. The van der Waals surface area contributed by atoms with Crippen molar-refractivity contribution in [3.8, 4) is 0 Å². The molecule has 0 aliphatic rings. The topological polar surface area (TPSA) is 29.1 Å². The van der Waals surface area contributed by atoms with Crippen molar-refractivity contribution < 1.29 is 18.0 Å². The molecule has 1 aromatic heterocycles. The van der Waals surface area contributed by atoms with Crippen LogP contribution < -0.4 is 5.32 Å². The Bertz CT molecular complexity index is 623.